The van der Waals surface area contributed by atoms with Crippen LogP contribution in [0, 0.1) is 0 Å². The number of benzene rings is 1. The van der Waals surface area contributed by atoms with Crippen molar-refractivity contribution in [2.45, 2.75) is 31.9 Å². The molecule has 0 spiro atoms. The first kappa shape index (κ1) is 14.2. The molecule has 0 saturated carbocycles. The van der Waals surface area contributed by atoms with Crippen LogP contribution >= 0.6 is 0 Å². The zero-order chi connectivity index (χ0) is 13.7. The summed E-state index contributed by atoms with van der Waals surface area (Å²) in [6.07, 6.45) is 2.27. The molecule has 1 saturated heterocycles. The first-order chi connectivity index (χ1) is 9.17. The number of hydrogen-bond acceptors (Lipinski definition) is 4. The van der Waals surface area contributed by atoms with Crippen molar-refractivity contribution in [3.63, 3.8) is 0 Å². The Balaban J connectivity index is 1.94. The van der Waals surface area contributed by atoms with Gasteiger partial charge in [0, 0.05) is 25.3 Å². The molecule has 1 atom stereocenters. The number of hydrogen-bond donors (Lipinski definition) is 1. The topological polar surface area (TPSA) is 39.7 Å². The van der Waals surface area contributed by atoms with Crippen molar-refractivity contribution in [1.29, 1.82) is 0 Å². The van der Waals surface area contributed by atoms with Crippen molar-refractivity contribution in [3.05, 3.63) is 23.8 Å². The molecule has 1 aromatic rings. The van der Waals surface area contributed by atoms with Crippen molar-refractivity contribution in [1.82, 2.24) is 5.32 Å². The maximum Gasteiger partial charge on any atom is 0.123 e. The van der Waals surface area contributed by atoms with Crippen LogP contribution in [0.5, 0.6) is 11.5 Å². The predicted molar refractivity (Wildman–Crippen MR) is 74.8 cm³/mol. The molecule has 1 aromatic carbocycles. The fourth-order valence-electron chi connectivity index (χ4n) is 2.46. The predicted octanol–water partition coefficient (Wildman–Crippen LogP) is 2.36. The summed E-state index contributed by atoms with van der Waals surface area (Å²) in [4.78, 5) is 0. The Hall–Kier alpha value is -1.26. The highest BCUT2D eigenvalue weighted by Gasteiger charge is 2.29. The van der Waals surface area contributed by atoms with E-state index < -0.39 is 0 Å². The fourth-order valence-corrected chi connectivity index (χ4v) is 2.46. The van der Waals surface area contributed by atoms with Crippen LogP contribution < -0.4 is 14.8 Å². The molecular weight excluding hydrogens is 242 g/mol. The molecule has 4 heteroatoms. The third-order valence-corrected chi connectivity index (χ3v) is 3.60. The first-order valence-corrected chi connectivity index (χ1v) is 6.72. The van der Waals surface area contributed by atoms with E-state index in [1.165, 1.54) is 0 Å². The van der Waals surface area contributed by atoms with Crippen LogP contribution in [0.15, 0.2) is 18.2 Å². The van der Waals surface area contributed by atoms with Crippen LogP contribution in [0.2, 0.25) is 0 Å². The Kier molecular flexibility index (Phi) is 4.66. The van der Waals surface area contributed by atoms with E-state index in [4.69, 9.17) is 14.2 Å². The minimum atomic E-state index is -0.0217. The van der Waals surface area contributed by atoms with Gasteiger partial charge in [0.25, 0.3) is 0 Å². The summed E-state index contributed by atoms with van der Waals surface area (Å²) in [5, 5.41) is 3.45. The lowest BCUT2D eigenvalue weighted by Crippen LogP contribution is -2.36. The summed E-state index contributed by atoms with van der Waals surface area (Å²) >= 11 is 0. The molecule has 1 aliphatic rings. The van der Waals surface area contributed by atoms with Gasteiger partial charge >= 0.3 is 0 Å². The molecule has 0 radical (unpaired) electrons. The highest BCUT2D eigenvalue weighted by Crippen LogP contribution is 2.26. The van der Waals surface area contributed by atoms with E-state index in [2.05, 4.69) is 12.2 Å². The average Bonchev–Trinajstić information content (AvgIpc) is 2.85. The van der Waals surface area contributed by atoms with Crippen molar-refractivity contribution >= 4 is 0 Å². The van der Waals surface area contributed by atoms with Gasteiger partial charge in [-0.25, -0.2) is 0 Å². The lowest BCUT2D eigenvalue weighted by molar-refractivity contribution is 0.0206. The van der Waals surface area contributed by atoms with Crippen molar-refractivity contribution in [2.75, 3.05) is 27.4 Å². The Morgan fingerprint density at radius 3 is 2.79 bits per heavy atom. The molecule has 19 heavy (non-hydrogen) atoms. The fraction of sp³-hybridized carbons (Fsp3) is 0.600. The van der Waals surface area contributed by atoms with Gasteiger partial charge in [0.05, 0.1) is 19.8 Å². The summed E-state index contributed by atoms with van der Waals surface area (Å²) in [6, 6.07) is 5.84. The summed E-state index contributed by atoms with van der Waals surface area (Å²) in [5.74, 6) is 1.73. The molecule has 0 bridgehead atoms. The molecule has 1 fully saturated rings. The summed E-state index contributed by atoms with van der Waals surface area (Å²) < 4.78 is 16.4. The van der Waals surface area contributed by atoms with E-state index in [9.17, 15) is 0 Å². The normalized spacial score (nSPS) is 22.5. The lowest BCUT2D eigenvalue weighted by atomic mass is 10.0. The lowest BCUT2D eigenvalue weighted by Gasteiger charge is -2.23. The summed E-state index contributed by atoms with van der Waals surface area (Å²) in [7, 11) is 3.36. The maximum atomic E-state index is 5.76. The minimum Gasteiger partial charge on any atom is -0.497 e. The van der Waals surface area contributed by atoms with Gasteiger partial charge in [-0.15, -0.1) is 0 Å². The third kappa shape index (κ3) is 3.61. The molecule has 1 heterocycles. The molecule has 0 amide bonds. The monoisotopic (exact) mass is 265 g/mol. The molecule has 1 N–H and O–H groups in total. The van der Waals surface area contributed by atoms with Crippen LogP contribution in [0.3, 0.4) is 0 Å². The highest BCUT2D eigenvalue weighted by atomic mass is 16.5. The minimum absolute atomic E-state index is 0.0217. The second kappa shape index (κ2) is 6.26. The van der Waals surface area contributed by atoms with Gasteiger partial charge < -0.3 is 19.5 Å². The molecule has 0 aromatic heterocycles. The Labute approximate surface area is 115 Å². The Morgan fingerprint density at radius 1 is 1.32 bits per heavy atom. The molecule has 1 aliphatic heterocycles. The number of ether oxygens (including phenoxy) is 3. The van der Waals surface area contributed by atoms with E-state index in [1.807, 2.05) is 18.2 Å². The second-order valence-corrected chi connectivity index (χ2v) is 5.18. The second-order valence-electron chi connectivity index (χ2n) is 5.18. The zero-order valence-electron chi connectivity index (χ0n) is 12.0. The number of rotatable bonds is 6. The van der Waals surface area contributed by atoms with Crippen LogP contribution in [-0.2, 0) is 11.3 Å². The van der Waals surface area contributed by atoms with Crippen molar-refractivity contribution in [2.24, 2.45) is 0 Å². The van der Waals surface area contributed by atoms with E-state index in [-0.39, 0.29) is 5.60 Å². The number of methoxy groups -OCH3 is 2. The molecule has 0 aliphatic carbocycles. The van der Waals surface area contributed by atoms with E-state index in [1.54, 1.807) is 14.2 Å². The van der Waals surface area contributed by atoms with Crippen LogP contribution in [-0.4, -0.2) is 33.0 Å². The van der Waals surface area contributed by atoms with Crippen LogP contribution in [0.25, 0.3) is 0 Å². The van der Waals surface area contributed by atoms with Crippen LogP contribution in [0.4, 0.5) is 0 Å². The standard InChI is InChI=1S/C15H23NO3/c1-15(7-4-8-19-15)11-16-10-12-9-13(17-2)5-6-14(12)18-3/h5-6,9,16H,4,7-8,10-11H2,1-3H3. The zero-order valence-corrected chi connectivity index (χ0v) is 12.0. The summed E-state index contributed by atoms with van der Waals surface area (Å²) in [5.41, 5.74) is 1.08. The van der Waals surface area contributed by atoms with Gasteiger partial charge in [-0.1, -0.05) is 0 Å². The summed E-state index contributed by atoms with van der Waals surface area (Å²) in [6.45, 7) is 4.64. The largest absolute Gasteiger partial charge is 0.497 e. The Morgan fingerprint density at radius 2 is 2.16 bits per heavy atom. The Bertz CT molecular complexity index is 414. The first-order valence-electron chi connectivity index (χ1n) is 6.72. The van der Waals surface area contributed by atoms with Gasteiger partial charge in [-0.05, 0) is 38.0 Å². The van der Waals surface area contributed by atoms with Gasteiger partial charge in [-0.2, -0.15) is 0 Å². The molecule has 4 nitrogen and oxygen atoms in total. The van der Waals surface area contributed by atoms with E-state index >= 15 is 0 Å². The molecular formula is C15H23NO3. The van der Waals surface area contributed by atoms with Gasteiger partial charge in [0.2, 0.25) is 0 Å². The van der Waals surface area contributed by atoms with Gasteiger partial charge in [0.1, 0.15) is 11.5 Å². The van der Waals surface area contributed by atoms with Crippen molar-refractivity contribution in [3.8, 4) is 11.5 Å². The quantitative estimate of drug-likeness (QED) is 0.857. The van der Waals surface area contributed by atoms with E-state index in [0.29, 0.717) is 0 Å². The van der Waals surface area contributed by atoms with Gasteiger partial charge in [0.15, 0.2) is 0 Å². The van der Waals surface area contributed by atoms with Crippen LogP contribution in [0.1, 0.15) is 25.3 Å². The molecule has 106 valence electrons. The average molecular weight is 265 g/mol. The van der Waals surface area contributed by atoms with E-state index in [0.717, 1.165) is 49.6 Å². The number of nitrogens with one attached hydrogen (secondary N) is 1. The third-order valence-electron chi connectivity index (χ3n) is 3.60. The highest BCUT2D eigenvalue weighted by molar-refractivity contribution is 5.40. The SMILES string of the molecule is COc1ccc(OC)c(CNCC2(C)CCCO2)c1. The smallest absolute Gasteiger partial charge is 0.123 e. The van der Waals surface area contributed by atoms with Crippen molar-refractivity contribution < 1.29 is 14.2 Å². The molecule has 2 rings (SSSR count). The van der Waals surface area contributed by atoms with Gasteiger partial charge in [-0.3, -0.25) is 0 Å². The maximum absolute atomic E-state index is 5.76. The molecule has 1 unspecified atom stereocenters.